The number of amides is 2. The number of benzene rings is 2. The summed E-state index contributed by atoms with van der Waals surface area (Å²) in [6.45, 7) is 8.68. The van der Waals surface area contributed by atoms with E-state index in [1.165, 1.54) is 36.6 Å². The molecule has 1 aromatic heterocycles. The van der Waals surface area contributed by atoms with Gasteiger partial charge in [-0.1, -0.05) is 76.3 Å². The summed E-state index contributed by atoms with van der Waals surface area (Å²) >= 11 is 0. The highest BCUT2D eigenvalue weighted by molar-refractivity contribution is 5.85. The third-order valence-corrected chi connectivity index (χ3v) is 7.20. The zero-order valence-corrected chi connectivity index (χ0v) is 24.2. The molecular formula is C33H47N3O3. The largest absolute Gasteiger partial charge is 0.494 e. The average molecular weight is 534 g/mol. The van der Waals surface area contributed by atoms with Gasteiger partial charge >= 0.3 is 0 Å². The first-order chi connectivity index (χ1) is 19.0. The molecule has 39 heavy (non-hydrogen) atoms. The third-order valence-electron chi connectivity index (χ3n) is 7.20. The number of nitrogens with one attached hydrogen (secondary N) is 1. The molecule has 0 atom stereocenters. The summed E-state index contributed by atoms with van der Waals surface area (Å²) in [4.78, 5) is 33.8. The molecule has 2 aromatic carbocycles. The molecule has 2 amide bonds. The van der Waals surface area contributed by atoms with Gasteiger partial charge in [0.25, 0.3) is 0 Å². The summed E-state index contributed by atoms with van der Waals surface area (Å²) in [5, 5.41) is 1.19. The Morgan fingerprint density at radius 1 is 0.795 bits per heavy atom. The number of H-pyrrole nitrogens is 1. The van der Waals surface area contributed by atoms with Crippen molar-refractivity contribution in [3.8, 4) is 5.75 Å². The van der Waals surface area contributed by atoms with E-state index in [1.807, 2.05) is 54.4 Å². The predicted octanol–water partition coefficient (Wildman–Crippen LogP) is 7.13. The van der Waals surface area contributed by atoms with Gasteiger partial charge in [-0.3, -0.25) is 9.59 Å². The number of unbranched alkanes of at least 4 members (excludes halogenated alkanes) is 5. The van der Waals surface area contributed by atoms with Crippen LogP contribution in [0.25, 0.3) is 10.9 Å². The van der Waals surface area contributed by atoms with Crippen LogP contribution in [0.1, 0.15) is 83.3 Å². The van der Waals surface area contributed by atoms with Gasteiger partial charge in [0.15, 0.2) is 0 Å². The lowest BCUT2D eigenvalue weighted by Crippen LogP contribution is -2.43. The van der Waals surface area contributed by atoms with Gasteiger partial charge in [-0.15, -0.1) is 0 Å². The lowest BCUT2D eigenvalue weighted by Gasteiger charge is -2.28. The molecule has 6 heteroatoms. The number of carbonyl (C=O) groups excluding carboxylic acids is 2. The van der Waals surface area contributed by atoms with E-state index in [0.29, 0.717) is 32.7 Å². The van der Waals surface area contributed by atoms with Gasteiger partial charge in [0, 0.05) is 43.2 Å². The zero-order valence-electron chi connectivity index (χ0n) is 24.2. The Morgan fingerprint density at radius 2 is 1.54 bits per heavy atom. The van der Waals surface area contributed by atoms with Crippen molar-refractivity contribution in [2.45, 2.75) is 85.1 Å². The molecule has 0 saturated heterocycles. The molecule has 0 saturated carbocycles. The lowest BCUT2D eigenvalue weighted by atomic mass is 10.1. The second-order valence-electron chi connectivity index (χ2n) is 10.3. The Morgan fingerprint density at radius 3 is 2.28 bits per heavy atom. The SMILES string of the molecule is CCCCCCCCC(=O)N(CCC)CC(=O)N(CCc1c[nH]c2ccccc12)Cc1ccc(OCC)cc1. The van der Waals surface area contributed by atoms with Crippen molar-refractivity contribution in [3.05, 3.63) is 65.9 Å². The molecule has 1 N–H and O–H groups in total. The van der Waals surface area contributed by atoms with Crippen LogP contribution in [0.2, 0.25) is 0 Å². The van der Waals surface area contributed by atoms with Gasteiger partial charge in [0.1, 0.15) is 5.75 Å². The first kappa shape index (κ1) is 30.3. The smallest absolute Gasteiger partial charge is 0.242 e. The lowest BCUT2D eigenvalue weighted by molar-refractivity contribution is -0.141. The molecule has 0 aliphatic heterocycles. The first-order valence-corrected chi connectivity index (χ1v) is 14.9. The number of hydrogen-bond donors (Lipinski definition) is 1. The third kappa shape index (κ3) is 9.76. The minimum atomic E-state index is -0.00604. The average Bonchev–Trinajstić information content (AvgIpc) is 3.36. The Labute approximate surface area is 234 Å². The summed E-state index contributed by atoms with van der Waals surface area (Å²) < 4.78 is 5.59. The number of rotatable bonds is 18. The highest BCUT2D eigenvalue weighted by Gasteiger charge is 2.21. The van der Waals surface area contributed by atoms with Crippen molar-refractivity contribution >= 4 is 22.7 Å². The number of nitrogens with zero attached hydrogens (tertiary/aromatic N) is 2. The maximum Gasteiger partial charge on any atom is 0.242 e. The maximum absolute atomic E-state index is 13.7. The first-order valence-electron chi connectivity index (χ1n) is 14.9. The van der Waals surface area contributed by atoms with Gasteiger partial charge < -0.3 is 19.5 Å². The standard InChI is InChI=1S/C33H47N3O3/c1-4-7-8-9-10-11-16-32(37)35(22-5-2)26-33(38)36(25-27-17-19-29(20-18-27)39-6-3)23-21-28-24-34-31-15-13-12-14-30(28)31/h12-15,17-20,24,34H,4-11,16,21-23,25-26H2,1-3H3. The van der Waals surface area contributed by atoms with E-state index in [4.69, 9.17) is 4.74 Å². The summed E-state index contributed by atoms with van der Waals surface area (Å²) in [5.41, 5.74) is 3.34. The minimum absolute atomic E-state index is 0.00604. The van der Waals surface area contributed by atoms with Crippen LogP contribution in [-0.2, 0) is 22.6 Å². The molecular weight excluding hydrogens is 486 g/mol. The topological polar surface area (TPSA) is 65.6 Å². The van der Waals surface area contributed by atoms with Crippen LogP contribution in [0.4, 0.5) is 0 Å². The number of aromatic nitrogens is 1. The van der Waals surface area contributed by atoms with Gasteiger partial charge in [0.2, 0.25) is 11.8 Å². The zero-order chi connectivity index (χ0) is 27.9. The van der Waals surface area contributed by atoms with Gasteiger partial charge in [-0.25, -0.2) is 0 Å². The second kappa shape index (κ2) is 16.6. The van der Waals surface area contributed by atoms with Gasteiger partial charge in [0.05, 0.1) is 13.2 Å². The minimum Gasteiger partial charge on any atom is -0.494 e. The van der Waals surface area contributed by atoms with Gasteiger partial charge in [-0.2, -0.15) is 0 Å². The fourth-order valence-corrected chi connectivity index (χ4v) is 5.00. The number of hydrogen-bond acceptors (Lipinski definition) is 3. The molecule has 0 aliphatic carbocycles. The van der Waals surface area contributed by atoms with E-state index < -0.39 is 0 Å². The Bertz CT molecular complexity index is 1140. The quantitative estimate of drug-likeness (QED) is 0.177. The monoisotopic (exact) mass is 533 g/mol. The number of aromatic amines is 1. The second-order valence-corrected chi connectivity index (χ2v) is 10.3. The van der Waals surface area contributed by atoms with Crippen LogP contribution in [0.5, 0.6) is 5.75 Å². The van der Waals surface area contributed by atoms with Crippen LogP contribution in [0.15, 0.2) is 54.7 Å². The van der Waals surface area contributed by atoms with Crippen molar-refractivity contribution in [3.63, 3.8) is 0 Å². The molecule has 0 aliphatic rings. The van der Waals surface area contributed by atoms with Crippen LogP contribution >= 0.6 is 0 Å². The van der Waals surface area contributed by atoms with E-state index >= 15 is 0 Å². The predicted molar refractivity (Wildman–Crippen MR) is 160 cm³/mol. The van der Waals surface area contributed by atoms with E-state index in [9.17, 15) is 9.59 Å². The Hall–Kier alpha value is -3.28. The summed E-state index contributed by atoms with van der Waals surface area (Å²) in [6.07, 6.45) is 11.0. The molecule has 3 rings (SSSR count). The molecule has 1 heterocycles. The fourth-order valence-electron chi connectivity index (χ4n) is 5.00. The fraction of sp³-hybridized carbons (Fsp3) is 0.515. The van der Waals surface area contributed by atoms with Gasteiger partial charge in [-0.05, 0) is 55.5 Å². The van der Waals surface area contributed by atoms with Crippen LogP contribution in [0.3, 0.4) is 0 Å². The molecule has 0 fully saturated rings. The highest BCUT2D eigenvalue weighted by Crippen LogP contribution is 2.20. The summed E-state index contributed by atoms with van der Waals surface area (Å²) in [5.74, 6) is 0.916. The number of carbonyl (C=O) groups is 2. The number of ether oxygens (including phenoxy) is 1. The molecule has 0 bridgehead atoms. The van der Waals surface area contributed by atoms with E-state index in [0.717, 1.165) is 42.5 Å². The molecule has 0 unspecified atom stereocenters. The van der Waals surface area contributed by atoms with Crippen molar-refractivity contribution in [1.29, 1.82) is 0 Å². The Kier molecular flexibility index (Phi) is 12.9. The molecule has 6 nitrogen and oxygen atoms in total. The highest BCUT2D eigenvalue weighted by atomic mass is 16.5. The van der Waals surface area contributed by atoms with Crippen LogP contribution in [-0.4, -0.2) is 52.8 Å². The van der Waals surface area contributed by atoms with Crippen molar-refractivity contribution in [2.24, 2.45) is 0 Å². The van der Waals surface area contributed by atoms with E-state index in [-0.39, 0.29) is 18.4 Å². The molecule has 3 aromatic rings. The number of para-hydroxylation sites is 1. The molecule has 0 radical (unpaired) electrons. The van der Waals surface area contributed by atoms with Crippen LogP contribution in [0, 0.1) is 0 Å². The summed E-state index contributed by atoms with van der Waals surface area (Å²) in [6, 6.07) is 16.2. The number of fused-ring (bicyclic) bond motifs is 1. The normalized spacial score (nSPS) is 11.1. The molecule has 0 spiro atoms. The van der Waals surface area contributed by atoms with Crippen LogP contribution < -0.4 is 4.74 Å². The maximum atomic E-state index is 13.7. The van der Waals surface area contributed by atoms with E-state index in [2.05, 4.69) is 31.0 Å². The van der Waals surface area contributed by atoms with Crippen molar-refractivity contribution in [1.82, 2.24) is 14.8 Å². The van der Waals surface area contributed by atoms with Crippen molar-refractivity contribution in [2.75, 3.05) is 26.2 Å². The van der Waals surface area contributed by atoms with E-state index in [1.54, 1.807) is 4.90 Å². The van der Waals surface area contributed by atoms with Crippen molar-refractivity contribution < 1.29 is 14.3 Å². The Balaban J connectivity index is 1.67. The molecule has 212 valence electrons. The summed E-state index contributed by atoms with van der Waals surface area (Å²) in [7, 11) is 0.